The molecule has 7 aromatic carbocycles. The third-order valence-electron chi connectivity index (χ3n) is 10.2. The van der Waals surface area contributed by atoms with E-state index < -0.39 is 0 Å². The third kappa shape index (κ3) is 5.20. The second-order valence-corrected chi connectivity index (χ2v) is 13.4. The molecular formula is C46H34N8. The molecule has 258 valence electrons. The van der Waals surface area contributed by atoms with Gasteiger partial charge in [0, 0.05) is 44.7 Å². The highest BCUT2D eigenvalue weighted by Gasteiger charge is 2.15. The van der Waals surface area contributed by atoms with E-state index in [4.69, 9.17) is 11.6 Å². The Bertz CT molecular complexity index is 2930. The zero-order valence-corrected chi connectivity index (χ0v) is 29.2. The predicted molar refractivity (Wildman–Crippen MR) is 221 cm³/mol. The summed E-state index contributed by atoms with van der Waals surface area (Å²) in [5.74, 6) is 6.60. The topological polar surface area (TPSA) is 95.8 Å². The number of rotatable bonds is 7. The van der Waals surface area contributed by atoms with Crippen LogP contribution in [0.5, 0.6) is 0 Å². The first-order valence-corrected chi connectivity index (χ1v) is 17.8. The summed E-state index contributed by atoms with van der Waals surface area (Å²) < 4.78 is 6.38. The van der Waals surface area contributed by atoms with Crippen LogP contribution in [-0.2, 0) is 0 Å². The number of hydrogen-bond donors (Lipinski definition) is 2. The minimum Gasteiger partial charge on any atom is -0.397 e. The Morgan fingerprint density at radius 3 is 1.56 bits per heavy atom. The zero-order valence-electron chi connectivity index (χ0n) is 29.2. The minimum atomic E-state index is 0.539. The molecule has 10 aromatic rings. The van der Waals surface area contributed by atoms with Crippen LogP contribution in [0.3, 0.4) is 0 Å². The van der Waals surface area contributed by atoms with Gasteiger partial charge < -0.3 is 14.9 Å². The van der Waals surface area contributed by atoms with E-state index in [0.717, 1.165) is 61.6 Å². The maximum Gasteiger partial charge on any atom is 0.113 e. The van der Waals surface area contributed by atoms with Gasteiger partial charge in [-0.05, 0) is 66.2 Å². The number of para-hydroxylation sites is 4. The van der Waals surface area contributed by atoms with Gasteiger partial charge in [0.1, 0.15) is 5.69 Å². The van der Waals surface area contributed by atoms with Crippen LogP contribution < -0.4 is 16.6 Å². The normalized spacial score (nSPS) is 12.0. The average Bonchev–Trinajstić information content (AvgIpc) is 3.95. The minimum absolute atomic E-state index is 0.539. The number of anilines is 1. The number of hydrazine groups is 1. The standard InChI is InChI=1S/C46H34N8/c47-41(29-51(48)33-11-9-13-35(27-33)53-43-19-5-1-15-37(43)38-16-2-6-20-44(38)53)31-23-25-32(26-24-31)42-30-52(50-49-42)34-12-10-14-36(28-34)54-45-21-7-3-17-39(45)40-18-4-8-22-46(40)54/h1-30H,47-48H2/b41-29-. The van der Waals surface area contributed by atoms with Crippen LogP contribution in [0.4, 0.5) is 5.69 Å². The molecule has 3 heterocycles. The molecule has 0 fully saturated rings. The fourth-order valence-corrected chi connectivity index (χ4v) is 7.62. The third-order valence-corrected chi connectivity index (χ3v) is 10.2. The van der Waals surface area contributed by atoms with Gasteiger partial charge in [-0.15, -0.1) is 5.10 Å². The molecule has 4 N–H and O–H groups in total. The maximum absolute atomic E-state index is 6.61. The second kappa shape index (κ2) is 12.7. The molecule has 8 heteroatoms. The van der Waals surface area contributed by atoms with E-state index >= 15 is 0 Å². The Labute approximate surface area is 311 Å². The zero-order chi connectivity index (χ0) is 36.2. The lowest BCUT2D eigenvalue weighted by molar-refractivity contribution is 0.803. The van der Waals surface area contributed by atoms with Crippen molar-refractivity contribution >= 4 is 55.0 Å². The molecule has 54 heavy (non-hydrogen) atoms. The molecule has 10 rings (SSSR count). The van der Waals surface area contributed by atoms with Gasteiger partial charge in [0.2, 0.25) is 0 Å². The van der Waals surface area contributed by atoms with Crippen LogP contribution >= 0.6 is 0 Å². The molecular weight excluding hydrogens is 665 g/mol. The van der Waals surface area contributed by atoms with Crippen molar-refractivity contribution < 1.29 is 0 Å². The van der Waals surface area contributed by atoms with Crippen LogP contribution in [0.15, 0.2) is 182 Å². The summed E-state index contributed by atoms with van der Waals surface area (Å²) >= 11 is 0. The van der Waals surface area contributed by atoms with Crippen molar-refractivity contribution in [3.8, 4) is 28.3 Å². The van der Waals surface area contributed by atoms with Gasteiger partial charge in [0.15, 0.2) is 0 Å². The number of aromatic nitrogens is 5. The lowest BCUT2D eigenvalue weighted by atomic mass is 10.1. The van der Waals surface area contributed by atoms with Crippen LogP contribution in [0.25, 0.3) is 77.6 Å². The maximum atomic E-state index is 6.61. The fourth-order valence-electron chi connectivity index (χ4n) is 7.62. The summed E-state index contributed by atoms with van der Waals surface area (Å²) in [6.07, 6.45) is 3.70. The first kappa shape index (κ1) is 31.3. The molecule has 8 nitrogen and oxygen atoms in total. The van der Waals surface area contributed by atoms with E-state index in [-0.39, 0.29) is 0 Å². The van der Waals surface area contributed by atoms with Crippen LogP contribution in [0.2, 0.25) is 0 Å². The highest BCUT2D eigenvalue weighted by Crippen LogP contribution is 2.34. The van der Waals surface area contributed by atoms with Crippen molar-refractivity contribution in [3.63, 3.8) is 0 Å². The quantitative estimate of drug-likeness (QED) is 0.128. The molecule has 0 saturated carbocycles. The molecule has 0 saturated heterocycles. The van der Waals surface area contributed by atoms with E-state index in [9.17, 15) is 0 Å². The molecule has 3 aromatic heterocycles. The van der Waals surface area contributed by atoms with Gasteiger partial charge in [-0.25, -0.2) is 10.5 Å². The molecule has 0 unspecified atom stereocenters. The van der Waals surface area contributed by atoms with E-state index in [0.29, 0.717) is 5.70 Å². The van der Waals surface area contributed by atoms with Gasteiger partial charge in [0.05, 0.1) is 45.3 Å². The number of benzene rings is 7. The molecule has 0 amide bonds. The van der Waals surface area contributed by atoms with Crippen LogP contribution in [0.1, 0.15) is 5.56 Å². The first-order valence-electron chi connectivity index (χ1n) is 17.8. The van der Waals surface area contributed by atoms with Crippen LogP contribution in [0, 0.1) is 0 Å². The number of nitrogens with zero attached hydrogens (tertiary/aromatic N) is 6. The van der Waals surface area contributed by atoms with Crippen molar-refractivity contribution in [1.29, 1.82) is 0 Å². The molecule has 0 bridgehead atoms. The monoisotopic (exact) mass is 698 g/mol. The summed E-state index contributed by atoms with van der Waals surface area (Å²) in [6.45, 7) is 0. The van der Waals surface area contributed by atoms with E-state index in [2.05, 4.69) is 147 Å². The Balaban J connectivity index is 0.903. The highest BCUT2D eigenvalue weighted by molar-refractivity contribution is 6.10. The molecule has 0 atom stereocenters. The van der Waals surface area contributed by atoms with Crippen molar-refractivity contribution in [2.75, 3.05) is 5.01 Å². The molecule has 0 aliphatic rings. The fraction of sp³-hybridized carbons (Fsp3) is 0. The highest BCUT2D eigenvalue weighted by atomic mass is 15.4. The Morgan fingerprint density at radius 2 is 1.00 bits per heavy atom. The number of fused-ring (bicyclic) bond motifs is 6. The summed E-state index contributed by atoms with van der Waals surface area (Å²) in [6, 6.07) is 58.4. The summed E-state index contributed by atoms with van der Waals surface area (Å²) in [5, 5.41) is 15.5. The van der Waals surface area contributed by atoms with Crippen molar-refractivity contribution in [2.45, 2.75) is 0 Å². The Morgan fingerprint density at radius 1 is 0.519 bits per heavy atom. The number of hydrogen-bond acceptors (Lipinski definition) is 5. The van der Waals surface area contributed by atoms with Crippen molar-refractivity contribution in [1.82, 2.24) is 24.1 Å². The smallest absolute Gasteiger partial charge is 0.113 e. The van der Waals surface area contributed by atoms with Crippen molar-refractivity contribution in [3.05, 3.63) is 188 Å². The van der Waals surface area contributed by atoms with Gasteiger partial charge in [-0.3, -0.25) is 5.01 Å². The summed E-state index contributed by atoms with van der Waals surface area (Å²) in [5.41, 5.74) is 18.1. The van der Waals surface area contributed by atoms with Gasteiger partial charge in [0.25, 0.3) is 0 Å². The molecule has 0 aliphatic heterocycles. The summed E-state index contributed by atoms with van der Waals surface area (Å²) in [4.78, 5) is 0. The SMILES string of the molecule is N/C(=C\N(N)c1cccc(-n2c3ccccc3c3ccccc32)c1)c1ccc(-c2cn(-c3cccc(-n4c5ccccc5c5ccccc54)c3)nn2)cc1. The lowest BCUT2D eigenvalue weighted by Gasteiger charge is -2.17. The average molecular weight is 699 g/mol. The second-order valence-electron chi connectivity index (χ2n) is 13.4. The first-order chi connectivity index (χ1) is 26.6. The molecule has 0 radical (unpaired) electrons. The molecule has 0 spiro atoms. The van der Waals surface area contributed by atoms with E-state index in [1.54, 1.807) is 11.2 Å². The Kier molecular flexibility index (Phi) is 7.35. The summed E-state index contributed by atoms with van der Waals surface area (Å²) in [7, 11) is 0. The predicted octanol–water partition coefficient (Wildman–Crippen LogP) is 9.77. The van der Waals surface area contributed by atoms with Crippen LogP contribution in [-0.4, -0.2) is 24.1 Å². The van der Waals surface area contributed by atoms with Gasteiger partial charge in [-0.1, -0.05) is 114 Å². The lowest BCUT2D eigenvalue weighted by Crippen LogP contribution is -2.25. The molecule has 0 aliphatic carbocycles. The van der Waals surface area contributed by atoms with E-state index in [1.165, 1.54) is 21.5 Å². The Hall–Kier alpha value is -7.42. The van der Waals surface area contributed by atoms with E-state index in [1.807, 2.05) is 53.3 Å². The van der Waals surface area contributed by atoms with Gasteiger partial charge in [-0.2, -0.15) is 0 Å². The van der Waals surface area contributed by atoms with Gasteiger partial charge >= 0.3 is 0 Å². The number of nitrogens with two attached hydrogens (primary N) is 2. The largest absolute Gasteiger partial charge is 0.397 e. The van der Waals surface area contributed by atoms with Crippen molar-refractivity contribution in [2.24, 2.45) is 11.6 Å².